The van der Waals surface area contributed by atoms with E-state index < -0.39 is 0 Å². The Balaban J connectivity index is 2.64. The SMILES string of the molecule is CC(C)c1ccc2c(F)c(C(C)C)ccc2n1. The van der Waals surface area contributed by atoms with Gasteiger partial charge in [-0.25, -0.2) is 4.39 Å². The molecule has 0 bridgehead atoms. The summed E-state index contributed by atoms with van der Waals surface area (Å²) in [5, 5.41) is 0.626. The zero-order chi connectivity index (χ0) is 12.6. The fraction of sp³-hybridized carbons (Fsp3) is 0.400. The lowest BCUT2D eigenvalue weighted by molar-refractivity contribution is 0.609. The molecule has 0 saturated carbocycles. The molecule has 2 heteroatoms. The Labute approximate surface area is 102 Å². The highest BCUT2D eigenvalue weighted by atomic mass is 19.1. The van der Waals surface area contributed by atoms with Gasteiger partial charge in [0, 0.05) is 11.1 Å². The van der Waals surface area contributed by atoms with Crippen molar-refractivity contribution < 1.29 is 4.39 Å². The third kappa shape index (κ3) is 2.17. The molecule has 0 aliphatic heterocycles. The van der Waals surface area contributed by atoms with Crippen LogP contribution in [0.15, 0.2) is 24.3 Å². The summed E-state index contributed by atoms with van der Waals surface area (Å²) >= 11 is 0. The molecule has 2 rings (SSSR count). The van der Waals surface area contributed by atoms with Crippen LogP contribution in [0.5, 0.6) is 0 Å². The molecule has 17 heavy (non-hydrogen) atoms. The summed E-state index contributed by atoms with van der Waals surface area (Å²) in [5.74, 6) is 0.441. The van der Waals surface area contributed by atoms with Crippen LogP contribution in [0.1, 0.15) is 50.8 Å². The van der Waals surface area contributed by atoms with Crippen molar-refractivity contribution in [2.45, 2.75) is 39.5 Å². The summed E-state index contributed by atoms with van der Waals surface area (Å²) in [6, 6.07) is 7.53. The van der Waals surface area contributed by atoms with Gasteiger partial charge in [0.1, 0.15) is 5.82 Å². The van der Waals surface area contributed by atoms with Crippen molar-refractivity contribution in [3.8, 4) is 0 Å². The third-order valence-electron chi connectivity index (χ3n) is 3.07. The molecule has 1 nitrogen and oxygen atoms in total. The molecule has 90 valence electrons. The number of pyridine rings is 1. The largest absolute Gasteiger partial charge is 0.252 e. The molecule has 1 heterocycles. The van der Waals surface area contributed by atoms with E-state index in [1.807, 2.05) is 38.1 Å². The van der Waals surface area contributed by atoms with E-state index in [2.05, 4.69) is 18.8 Å². The summed E-state index contributed by atoms with van der Waals surface area (Å²) < 4.78 is 14.2. The Bertz CT molecular complexity index is 544. The van der Waals surface area contributed by atoms with Crippen LogP contribution >= 0.6 is 0 Å². The predicted molar refractivity (Wildman–Crippen MR) is 69.9 cm³/mol. The molecule has 2 aromatic rings. The van der Waals surface area contributed by atoms with Crippen molar-refractivity contribution in [3.63, 3.8) is 0 Å². The predicted octanol–water partition coefficient (Wildman–Crippen LogP) is 4.62. The third-order valence-corrected chi connectivity index (χ3v) is 3.07. The Morgan fingerprint density at radius 2 is 1.65 bits per heavy atom. The van der Waals surface area contributed by atoms with Gasteiger partial charge in [-0.15, -0.1) is 0 Å². The van der Waals surface area contributed by atoms with Crippen LogP contribution in [0.3, 0.4) is 0 Å². The lowest BCUT2D eigenvalue weighted by Gasteiger charge is -2.11. The molecule has 0 fully saturated rings. The number of fused-ring (bicyclic) bond motifs is 1. The zero-order valence-corrected chi connectivity index (χ0v) is 10.8. The molecule has 0 amide bonds. The van der Waals surface area contributed by atoms with Gasteiger partial charge in [-0.1, -0.05) is 33.8 Å². The minimum atomic E-state index is -0.125. The van der Waals surface area contributed by atoms with E-state index in [0.29, 0.717) is 11.3 Å². The molecule has 0 aliphatic rings. The van der Waals surface area contributed by atoms with Crippen LogP contribution in [-0.2, 0) is 0 Å². The number of nitrogens with zero attached hydrogens (tertiary/aromatic N) is 1. The quantitative estimate of drug-likeness (QED) is 0.734. The average molecular weight is 231 g/mol. The maximum atomic E-state index is 14.2. The normalized spacial score (nSPS) is 11.7. The van der Waals surface area contributed by atoms with Crippen LogP contribution in [0, 0.1) is 5.82 Å². The molecule has 0 unspecified atom stereocenters. The number of benzene rings is 1. The van der Waals surface area contributed by atoms with E-state index in [1.165, 1.54) is 0 Å². The van der Waals surface area contributed by atoms with E-state index in [4.69, 9.17) is 0 Å². The fourth-order valence-corrected chi connectivity index (χ4v) is 1.97. The smallest absolute Gasteiger partial charge is 0.136 e. The first kappa shape index (κ1) is 12.0. The van der Waals surface area contributed by atoms with Crippen LogP contribution in [0.4, 0.5) is 4.39 Å². The van der Waals surface area contributed by atoms with E-state index in [1.54, 1.807) is 0 Å². The maximum Gasteiger partial charge on any atom is 0.136 e. The lowest BCUT2D eigenvalue weighted by Crippen LogP contribution is -1.97. The Hall–Kier alpha value is -1.44. The van der Waals surface area contributed by atoms with E-state index >= 15 is 0 Å². The summed E-state index contributed by atoms with van der Waals surface area (Å²) in [6.45, 7) is 8.18. The maximum absolute atomic E-state index is 14.2. The van der Waals surface area contributed by atoms with E-state index in [9.17, 15) is 4.39 Å². The lowest BCUT2D eigenvalue weighted by atomic mass is 9.99. The summed E-state index contributed by atoms with van der Waals surface area (Å²) in [7, 11) is 0. The van der Waals surface area contributed by atoms with Crippen LogP contribution in [0.2, 0.25) is 0 Å². The van der Waals surface area contributed by atoms with Crippen molar-refractivity contribution >= 4 is 10.9 Å². The van der Waals surface area contributed by atoms with Gasteiger partial charge in [-0.05, 0) is 35.6 Å². The minimum absolute atomic E-state index is 0.125. The van der Waals surface area contributed by atoms with Gasteiger partial charge in [-0.2, -0.15) is 0 Å². The summed E-state index contributed by atoms with van der Waals surface area (Å²) in [6.07, 6.45) is 0. The molecular weight excluding hydrogens is 213 g/mol. The van der Waals surface area contributed by atoms with Crippen LogP contribution in [0.25, 0.3) is 10.9 Å². The highest BCUT2D eigenvalue weighted by Crippen LogP contribution is 2.26. The van der Waals surface area contributed by atoms with Crippen molar-refractivity contribution in [3.05, 3.63) is 41.3 Å². The number of hydrogen-bond donors (Lipinski definition) is 0. The minimum Gasteiger partial charge on any atom is -0.252 e. The summed E-state index contributed by atoms with van der Waals surface area (Å²) in [4.78, 5) is 4.50. The number of hydrogen-bond acceptors (Lipinski definition) is 1. The first-order valence-electron chi connectivity index (χ1n) is 6.09. The van der Waals surface area contributed by atoms with E-state index in [0.717, 1.165) is 16.8 Å². The van der Waals surface area contributed by atoms with Crippen molar-refractivity contribution in [1.29, 1.82) is 0 Å². The van der Waals surface area contributed by atoms with Gasteiger partial charge in [0.25, 0.3) is 0 Å². The Morgan fingerprint density at radius 1 is 0.941 bits per heavy atom. The van der Waals surface area contributed by atoms with Gasteiger partial charge in [0.15, 0.2) is 0 Å². The molecule has 0 radical (unpaired) electrons. The molecular formula is C15H18FN. The van der Waals surface area contributed by atoms with Crippen molar-refractivity contribution in [1.82, 2.24) is 4.98 Å². The van der Waals surface area contributed by atoms with Gasteiger partial charge in [-0.3, -0.25) is 4.98 Å². The van der Waals surface area contributed by atoms with Crippen molar-refractivity contribution in [2.24, 2.45) is 0 Å². The first-order chi connectivity index (χ1) is 8.00. The Kier molecular flexibility index (Phi) is 3.14. The zero-order valence-electron chi connectivity index (χ0n) is 10.8. The van der Waals surface area contributed by atoms with Crippen molar-refractivity contribution in [2.75, 3.05) is 0 Å². The number of rotatable bonds is 2. The van der Waals surface area contributed by atoms with E-state index in [-0.39, 0.29) is 11.7 Å². The second-order valence-corrected chi connectivity index (χ2v) is 5.08. The molecule has 0 aliphatic carbocycles. The number of aromatic nitrogens is 1. The topological polar surface area (TPSA) is 12.9 Å². The van der Waals surface area contributed by atoms with Gasteiger partial charge in [0.2, 0.25) is 0 Å². The Morgan fingerprint density at radius 3 is 2.24 bits per heavy atom. The van der Waals surface area contributed by atoms with Gasteiger partial charge < -0.3 is 0 Å². The molecule has 0 atom stereocenters. The van der Waals surface area contributed by atoms with Crippen LogP contribution < -0.4 is 0 Å². The average Bonchev–Trinajstić information content (AvgIpc) is 2.28. The molecule has 0 spiro atoms. The monoisotopic (exact) mass is 231 g/mol. The first-order valence-corrected chi connectivity index (χ1v) is 6.09. The standard InChI is InChI=1S/C15H18FN/c1-9(2)11-5-8-14-12(15(11)16)6-7-13(17-14)10(3)4/h5-10H,1-4H3. The van der Waals surface area contributed by atoms with Crippen LogP contribution in [-0.4, -0.2) is 4.98 Å². The second-order valence-electron chi connectivity index (χ2n) is 5.08. The fourth-order valence-electron chi connectivity index (χ4n) is 1.97. The highest BCUT2D eigenvalue weighted by Gasteiger charge is 2.11. The van der Waals surface area contributed by atoms with Gasteiger partial charge >= 0.3 is 0 Å². The highest BCUT2D eigenvalue weighted by molar-refractivity contribution is 5.80. The molecule has 1 aromatic heterocycles. The summed E-state index contributed by atoms with van der Waals surface area (Å²) in [5.41, 5.74) is 2.52. The second kappa shape index (κ2) is 4.44. The molecule has 0 N–H and O–H groups in total. The number of halogens is 1. The molecule has 0 saturated heterocycles. The van der Waals surface area contributed by atoms with Gasteiger partial charge in [0.05, 0.1) is 5.52 Å². The molecule has 1 aromatic carbocycles.